The molecule has 29 heavy (non-hydrogen) atoms. The standard InChI is InChI=1S/C22H21N3O3S/c1-28-19-11-7-17(8-12-19)22-15-21(16-5-3-2-4-6-16)24-25(22)18-9-13-20(14-10-18)29(23,26)27/h2-14,22H,15H2,1H3,(H2,23,26,27)/t22-/m0/s1. The molecular weight excluding hydrogens is 386 g/mol. The highest BCUT2D eigenvalue weighted by atomic mass is 32.2. The lowest BCUT2D eigenvalue weighted by molar-refractivity contribution is 0.414. The zero-order valence-electron chi connectivity index (χ0n) is 15.9. The van der Waals surface area contributed by atoms with Crippen LogP contribution < -0.4 is 14.9 Å². The second-order valence-electron chi connectivity index (χ2n) is 6.79. The number of hydrazone groups is 1. The Morgan fingerprint density at radius 3 is 2.21 bits per heavy atom. The molecule has 0 saturated carbocycles. The number of nitrogens with two attached hydrogens (primary N) is 1. The van der Waals surface area contributed by atoms with Crippen molar-refractivity contribution in [1.82, 2.24) is 0 Å². The normalized spacial score (nSPS) is 16.6. The zero-order chi connectivity index (χ0) is 20.4. The van der Waals surface area contributed by atoms with Crippen LogP contribution in [0.2, 0.25) is 0 Å². The van der Waals surface area contributed by atoms with Gasteiger partial charge in [0, 0.05) is 6.42 Å². The monoisotopic (exact) mass is 407 g/mol. The second-order valence-corrected chi connectivity index (χ2v) is 8.35. The van der Waals surface area contributed by atoms with Gasteiger partial charge in [-0.2, -0.15) is 5.10 Å². The van der Waals surface area contributed by atoms with Crippen molar-refractivity contribution < 1.29 is 13.2 Å². The quantitative estimate of drug-likeness (QED) is 0.699. The number of hydrogen-bond acceptors (Lipinski definition) is 5. The summed E-state index contributed by atoms with van der Waals surface area (Å²) < 4.78 is 28.4. The first-order chi connectivity index (χ1) is 14.0. The number of sulfonamides is 1. The first kappa shape index (κ1) is 19.2. The van der Waals surface area contributed by atoms with E-state index in [1.54, 1.807) is 19.2 Å². The van der Waals surface area contributed by atoms with Gasteiger partial charge in [-0.15, -0.1) is 0 Å². The minimum atomic E-state index is -3.74. The van der Waals surface area contributed by atoms with Crippen LogP contribution >= 0.6 is 0 Å². The third-order valence-corrected chi connectivity index (χ3v) is 5.88. The summed E-state index contributed by atoms with van der Waals surface area (Å²) >= 11 is 0. The van der Waals surface area contributed by atoms with Gasteiger partial charge in [0.1, 0.15) is 5.75 Å². The molecule has 3 aromatic carbocycles. The van der Waals surface area contributed by atoms with E-state index in [0.29, 0.717) is 0 Å². The number of ether oxygens (including phenoxy) is 1. The van der Waals surface area contributed by atoms with Crippen molar-refractivity contribution in [3.8, 4) is 5.75 Å². The fourth-order valence-electron chi connectivity index (χ4n) is 3.43. The third-order valence-electron chi connectivity index (χ3n) is 4.95. The van der Waals surface area contributed by atoms with E-state index in [2.05, 4.69) is 0 Å². The molecule has 0 radical (unpaired) electrons. The van der Waals surface area contributed by atoms with Gasteiger partial charge in [0.25, 0.3) is 0 Å². The van der Waals surface area contributed by atoms with Crippen LogP contribution in [0.1, 0.15) is 23.6 Å². The Labute approximate surface area is 170 Å². The summed E-state index contributed by atoms with van der Waals surface area (Å²) in [5.74, 6) is 0.792. The summed E-state index contributed by atoms with van der Waals surface area (Å²) in [7, 11) is -2.10. The molecule has 1 aliphatic heterocycles. The van der Waals surface area contributed by atoms with Crippen molar-refractivity contribution in [2.45, 2.75) is 17.4 Å². The molecule has 0 fully saturated rings. The van der Waals surface area contributed by atoms with Gasteiger partial charge in [-0.25, -0.2) is 13.6 Å². The van der Waals surface area contributed by atoms with E-state index < -0.39 is 10.0 Å². The van der Waals surface area contributed by atoms with E-state index in [1.165, 1.54) is 12.1 Å². The van der Waals surface area contributed by atoms with E-state index in [1.807, 2.05) is 59.6 Å². The Hall–Kier alpha value is -3.16. The molecule has 0 aromatic heterocycles. The average Bonchev–Trinajstić information content (AvgIpc) is 3.19. The maximum atomic E-state index is 11.6. The van der Waals surface area contributed by atoms with Crippen LogP contribution in [0.3, 0.4) is 0 Å². The van der Waals surface area contributed by atoms with Gasteiger partial charge in [0.05, 0.1) is 29.4 Å². The Balaban J connectivity index is 1.73. The molecule has 6 nitrogen and oxygen atoms in total. The van der Waals surface area contributed by atoms with E-state index >= 15 is 0 Å². The van der Waals surface area contributed by atoms with Crippen molar-refractivity contribution >= 4 is 21.4 Å². The number of nitrogens with zero attached hydrogens (tertiary/aromatic N) is 2. The highest BCUT2D eigenvalue weighted by molar-refractivity contribution is 7.89. The summed E-state index contributed by atoms with van der Waals surface area (Å²) in [5.41, 5.74) is 3.93. The lowest BCUT2D eigenvalue weighted by Crippen LogP contribution is -2.19. The average molecular weight is 407 g/mol. The van der Waals surface area contributed by atoms with Gasteiger partial charge in [0.15, 0.2) is 0 Å². The number of hydrogen-bond donors (Lipinski definition) is 1. The summed E-state index contributed by atoms with van der Waals surface area (Å²) in [4.78, 5) is 0.0775. The molecule has 148 valence electrons. The number of benzene rings is 3. The molecule has 4 rings (SSSR count). The summed E-state index contributed by atoms with van der Waals surface area (Å²) in [6.45, 7) is 0. The summed E-state index contributed by atoms with van der Waals surface area (Å²) in [6.07, 6.45) is 0.729. The van der Waals surface area contributed by atoms with Crippen LogP contribution in [0.15, 0.2) is 88.9 Å². The highest BCUT2D eigenvalue weighted by Crippen LogP contribution is 2.37. The minimum Gasteiger partial charge on any atom is -0.497 e. The first-order valence-electron chi connectivity index (χ1n) is 9.14. The van der Waals surface area contributed by atoms with Gasteiger partial charge in [0.2, 0.25) is 10.0 Å². The van der Waals surface area contributed by atoms with Gasteiger partial charge in [-0.3, -0.25) is 5.01 Å². The molecule has 3 aromatic rings. The largest absolute Gasteiger partial charge is 0.497 e. The number of primary sulfonamides is 1. The SMILES string of the molecule is COc1ccc([C@@H]2CC(c3ccccc3)=NN2c2ccc(S(N)(=O)=O)cc2)cc1. The Morgan fingerprint density at radius 2 is 1.62 bits per heavy atom. The van der Waals surface area contributed by atoms with Crippen molar-refractivity contribution in [2.75, 3.05) is 12.1 Å². The highest BCUT2D eigenvalue weighted by Gasteiger charge is 2.30. The number of methoxy groups -OCH3 is 1. The number of anilines is 1. The van der Waals surface area contributed by atoms with E-state index in [-0.39, 0.29) is 10.9 Å². The topological polar surface area (TPSA) is 85.0 Å². The van der Waals surface area contributed by atoms with E-state index in [0.717, 1.165) is 34.7 Å². The van der Waals surface area contributed by atoms with Gasteiger partial charge >= 0.3 is 0 Å². The second kappa shape index (κ2) is 7.69. The van der Waals surface area contributed by atoms with Crippen molar-refractivity contribution in [3.05, 3.63) is 90.0 Å². The molecule has 0 bridgehead atoms. The fraction of sp³-hybridized carbons (Fsp3) is 0.136. The molecule has 7 heteroatoms. The predicted octanol–water partition coefficient (Wildman–Crippen LogP) is 3.70. The molecule has 1 heterocycles. The zero-order valence-corrected chi connectivity index (χ0v) is 16.7. The molecule has 0 unspecified atom stereocenters. The lowest BCUT2D eigenvalue weighted by Gasteiger charge is -2.24. The van der Waals surface area contributed by atoms with Crippen LogP contribution in [0, 0.1) is 0 Å². The predicted molar refractivity (Wildman–Crippen MR) is 114 cm³/mol. The Bertz CT molecular complexity index is 1130. The molecule has 0 spiro atoms. The van der Waals surface area contributed by atoms with Gasteiger partial charge in [-0.1, -0.05) is 42.5 Å². The smallest absolute Gasteiger partial charge is 0.238 e. The first-order valence-corrected chi connectivity index (χ1v) is 10.7. The van der Waals surface area contributed by atoms with Crippen LogP contribution in [-0.4, -0.2) is 21.2 Å². The molecule has 0 amide bonds. The summed E-state index contributed by atoms with van der Waals surface area (Å²) in [5, 5.41) is 12.0. The van der Waals surface area contributed by atoms with Crippen LogP contribution in [0.25, 0.3) is 0 Å². The van der Waals surface area contributed by atoms with Crippen molar-refractivity contribution in [1.29, 1.82) is 0 Å². The maximum Gasteiger partial charge on any atom is 0.238 e. The molecular formula is C22H21N3O3S. The molecule has 1 aliphatic rings. The molecule has 0 aliphatic carbocycles. The van der Waals surface area contributed by atoms with E-state index in [9.17, 15) is 8.42 Å². The van der Waals surface area contributed by atoms with Crippen LogP contribution in [0.4, 0.5) is 5.69 Å². The maximum absolute atomic E-state index is 11.6. The number of rotatable bonds is 5. The lowest BCUT2D eigenvalue weighted by atomic mass is 9.98. The molecule has 2 N–H and O–H groups in total. The van der Waals surface area contributed by atoms with Crippen molar-refractivity contribution in [2.24, 2.45) is 10.2 Å². The summed E-state index contributed by atoms with van der Waals surface area (Å²) in [6, 6.07) is 24.4. The third kappa shape index (κ3) is 4.01. The molecule has 1 atom stereocenters. The van der Waals surface area contributed by atoms with Crippen LogP contribution in [0.5, 0.6) is 5.75 Å². The Kier molecular flexibility index (Phi) is 5.08. The van der Waals surface area contributed by atoms with Gasteiger partial charge < -0.3 is 4.74 Å². The fourth-order valence-corrected chi connectivity index (χ4v) is 3.94. The minimum absolute atomic E-state index is 0.0172. The van der Waals surface area contributed by atoms with E-state index in [4.69, 9.17) is 15.0 Å². The van der Waals surface area contributed by atoms with Crippen molar-refractivity contribution in [3.63, 3.8) is 0 Å². The molecule has 0 saturated heterocycles. The Morgan fingerprint density at radius 1 is 0.966 bits per heavy atom. The van der Waals surface area contributed by atoms with Gasteiger partial charge in [-0.05, 0) is 47.5 Å². The van der Waals surface area contributed by atoms with Crippen LogP contribution in [-0.2, 0) is 10.0 Å².